The predicted molar refractivity (Wildman–Crippen MR) is 80.3 cm³/mol. The lowest BCUT2D eigenvalue weighted by molar-refractivity contribution is 0.0498. The number of hydrogen-bond donors (Lipinski definition) is 1. The molecule has 0 spiro atoms. The zero-order valence-corrected chi connectivity index (χ0v) is 13.2. The molecule has 4 unspecified atom stereocenters. The lowest BCUT2D eigenvalue weighted by Gasteiger charge is -2.29. The van der Waals surface area contributed by atoms with Crippen molar-refractivity contribution in [3.8, 4) is 0 Å². The van der Waals surface area contributed by atoms with Crippen molar-refractivity contribution in [2.24, 2.45) is 5.92 Å². The van der Waals surface area contributed by atoms with Crippen molar-refractivity contribution in [1.82, 2.24) is 15.5 Å². The van der Waals surface area contributed by atoms with Crippen LogP contribution in [0.4, 0.5) is 0 Å². The minimum Gasteiger partial charge on any atom is -0.381 e. The molecule has 0 radical (unpaired) electrons. The standard InChI is InChI=1S/C16H27N3O2/c1-3-7-17-14-6-8-20-10-13(14)16-18-15(19-21-16)12-5-4-11(2)9-12/h11-14,17H,3-10H2,1-2H3. The van der Waals surface area contributed by atoms with E-state index in [0.29, 0.717) is 18.6 Å². The highest BCUT2D eigenvalue weighted by Crippen LogP contribution is 2.37. The summed E-state index contributed by atoms with van der Waals surface area (Å²) in [5, 5.41) is 7.85. The third-order valence-electron chi connectivity index (χ3n) is 4.85. The van der Waals surface area contributed by atoms with E-state index in [4.69, 9.17) is 14.2 Å². The van der Waals surface area contributed by atoms with Crippen molar-refractivity contribution < 1.29 is 9.26 Å². The Morgan fingerprint density at radius 2 is 2.19 bits per heavy atom. The Bertz CT molecular complexity index is 448. The van der Waals surface area contributed by atoms with Gasteiger partial charge in [0.2, 0.25) is 5.89 Å². The first-order chi connectivity index (χ1) is 10.3. The molecule has 1 aliphatic carbocycles. The van der Waals surface area contributed by atoms with E-state index in [2.05, 4.69) is 24.3 Å². The molecule has 2 fully saturated rings. The van der Waals surface area contributed by atoms with Crippen molar-refractivity contribution in [3.05, 3.63) is 11.7 Å². The van der Waals surface area contributed by atoms with Crippen LogP contribution >= 0.6 is 0 Å². The van der Waals surface area contributed by atoms with Gasteiger partial charge < -0.3 is 14.6 Å². The molecule has 21 heavy (non-hydrogen) atoms. The van der Waals surface area contributed by atoms with Gasteiger partial charge in [-0.1, -0.05) is 19.0 Å². The fourth-order valence-corrected chi connectivity index (χ4v) is 3.56. The zero-order chi connectivity index (χ0) is 14.7. The summed E-state index contributed by atoms with van der Waals surface area (Å²) < 4.78 is 11.2. The maximum absolute atomic E-state index is 5.63. The Labute approximate surface area is 126 Å². The minimum atomic E-state index is 0.199. The Morgan fingerprint density at radius 1 is 1.29 bits per heavy atom. The molecule has 5 heteroatoms. The van der Waals surface area contributed by atoms with E-state index in [1.807, 2.05) is 0 Å². The van der Waals surface area contributed by atoms with Crippen molar-refractivity contribution in [3.63, 3.8) is 0 Å². The van der Waals surface area contributed by atoms with Crippen LogP contribution in [0.15, 0.2) is 4.52 Å². The van der Waals surface area contributed by atoms with Crippen LogP contribution in [0.1, 0.15) is 69.5 Å². The summed E-state index contributed by atoms with van der Waals surface area (Å²) >= 11 is 0. The third kappa shape index (κ3) is 3.46. The maximum atomic E-state index is 5.63. The van der Waals surface area contributed by atoms with Gasteiger partial charge in [-0.25, -0.2) is 0 Å². The Hall–Kier alpha value is -0.940. The minimum absolute atomic E-state index is 0.199. The first kappa shape index (κ1) is 15.0. The van der Waals surface area contributed by atoms with Gasteiger partial charge in [-0.05, 0) is 44.6 Å². The van der Waals surface area contributed by atoms with Gasteiger partial charge >= 0.3 is 0 Å². The van der Waals surface area contributed by atoms with Crippen molar-refractivity contribution in [1.29, 1.82) is 0 Å². The van der Waals surface area contributed by atoms with E-state index in [1.165, 1.54) is 19.3 Å². The maximum Gasteiger partial charge on any atom is 0.233 e. The van der Waals surface area contributed by atoms with Gasteiger partial charge in [-0.2, -0.15) is 4.98 Å². The topological polar surface area (TPSA) is 60.2 Å². The van der Waals surface area contributed by atoms with Crippen LogP contribution in [-0.4, -0.2) is 35.9 Å². The molecule has 118 valence electrons. The zero-order valence-electron chi connectivity index (χ0n) is 13.2. The highest BCUT2D eigenvalue weighted by molar-refractivity contribution is 5.05. The second-order valence-electron chi connectivity index (χ2n) is 6.64. The SMILES string of the molecule is CCCNC1CCOCC1c1nc(C2CCC(C)C2)no1. The van der Waals surface area contributed by atoms with E-state index in [0.717, 1.165) is 43.6 Å². The van der Waals surface area contributed by atoms with E-state index in [1.54, 1.807) is 0 Å². The number of aromatic nitrogens is 2. The summed E-state index contributed by atoms with van der Waals surface area (Å²) in [7, 11) is 0. The molecule has 1 saturated carbocycles. The van der Waals surface area contributed by atoms with Gasteiger partial charge in [0.25, 0.3) is 0 Å². The molecule has 1 saturated heterocycles. The predicted octanol–water partition coefficient (Wildman–Crippen LogP) is 2.85. The lowest BCUT2D eigenvalue weighted by atomic mass is 9.95. The fraction of sp³-hybridized carbons (Fsp3) is 0.875. The summed E-state index contributed by atoms with van der Waals surface area (Å²) in [5.74, 6) is 3.15. The molecular formula is C16H27N3O2. The highest BCUT2D eigenvalue weighted by atomic mass is 16.5. The average molecular weight is 293 g/mol. The largest absolute Gasteiger partial charge is 0.381 e. The van der Waals surface area contributed by atoms with Crippen molar-refractivity contribution >= 4 is 0 Å². The molecule has 2 aliphatic rings. The number of rotatable bonds is 5. The quantitative estimate of drug-likeness (QED) is 0.904. The van der Waals surface area contributed by atoms with Gasteiger partial charge in [-0.15, -0.1) is 0 Å². The molecule has 3 rings (SSSR count). The van der Waals surface area contributed by atoms with E-state index in [9.17, 15) is 0 Å². The smallest absolute Gasteiger partial charge is 0.233 e. The van der Waals surface area contributed by atoms with Crippen LogP contribution in [0.2, 0.25) is 0 Å². The second-order valence-corrected chi connectivity index (χ2v) is 6.64. The molecule has 1 N–H and O–H groups in total. The van der Waals surface area contributed by atoms with Gasteiger partial charge in [0, 0.05) is 18.6 Å². The van der Waals surface area contributed by atoms with Crippen molar-refractivity contribution in [2.45, 2.75) is 63.8 Å². The molecule has 1 aliphatic heterocycles. The summed E-state index contributed by atoms with van der Waals surface area (Å²) in [6.07, 6.45) is 5.82. The molecule has 0 bridgehead atoms. The summed E-state index contributed by atoms with van der Waals surface area (Å²) in [4.78, 5) is 4.71. The van der Waals surface area contributed by atoms with E-state index < -0.39 is 0 Å². The summed E-state index contributed by atoms with van der Waals surface area (Å²) in [6, 6.07) is 0.398. The van der Waals surface area contributed by atoms with E-state index in [-0.39, 0.29) is 5.92 Å². The number of ether oxygens (including phenoxy) is 1. The van der Waals surface area contributed by atoms with E-state index >= 15 is 0 Å². The molecule has 5 nitrogen and oxygen atoms in total. The average Bonchev–Trinajstić information content (AvgIpc) is 3.14. The number of hydrogen-bond acceptors (Lipinski definition) is 5. The van der Waals surface area contributed by atoms with Crippen LogP contribution in [0, 0.1) is 5.92 Å². The summed E-state index contributed by atoms with van der Waals surface area (Å²) in [5.41, 5.74) is 0. The molecule has 1 aromatic heterocycles. The summed E-state index contributed by atoms with van der Waals surface area (Å²) in [6.45, 7) is 7.03. The Kier molecular flexibility index (Phi) is 4.91. The van der Waals surface area contributed by atoms with Crippen LogP contribution in [-0.2, 0) is 4.74 Å². The van der Waals surface area contributed by atoms with Crippen molar-refractivity contribution in [2.75, 3.05) is 19.8 Å². The Balaban J connectivity index is 1.68. The Morgan fingerprint density at radius 3 is 2.95 bits per heavy atom. The molecular weight excluding hydrogens is 266 g/mol. The van der Waals surface area contributed by atoms with Crippen LogP contribution in [0.25, 0.3) is 0 Å². The molecule has 2 heterocycles. The molecule has 4 atom stereocenters. The molecule has 0 amide bonds. The van der Waals surface area contributed by atoms with Gasteiger partial charge in [0.15, 0.2) is 5.82 Å². The molecule has 0 aromatic carbocycles. The van der Waals surface area contributed by atoms with Gasteiger partial charge in [0.05, 0.1) is 12.5 Å². The number of nitrogens with one attached hydrogen (secondary N) is 1. The highest BCUT2D eigenvalue weighted by Gasteiger charge is 2.33. The lowest BCUT2D eigenvalue weighted by Crippen LogP contribution is -2.41. The van der Waals surface area contributed by atoms with Gasteiger partial charge in [0.1, 0.15) is 0 Å². The normalized spacial score (nSPS) is 33.4. The fourth-order valence-electron chi connectivity index (χ4n) is 3.56. The first-order valence-electron chi connectivity index (χ1n) is 8.42. The van der Waals surface area contributed by atoms with Crippen LogP contribution in [0.3, 0.4) is 0 Å². The molecule has 1 aromatic rings. The monoisotopic (exact) mass is 293 g/mol. The third-order valence-corrected chi connectivity index (χ3v) is 4.85. The first-order valence-corrected chi connectivity index (χ1v) is 8.42. The number of nitrogens with zero attached hydrogens (tertiary/aromatic N) is 2. The van der Waals surface area contributed by atoms with Crippen LogP contribution < -0.4 is 5.32 Å². The second kappa shape index (κ2) is 6.88. The van der Waals surface area contributed by atoms with Gasteiger partial charge in [-0.3, -0.25) is 0 Å². The van der Waals surface area contributed by atoms with Crippen LogP contribution in [0.5, 0.6) is 0 Å².